The van der Waals surface area contributed by atoms with Crippen LogP contribution in [0.1, 0.15) is 13.8 Å². The minimum atomic E-state index is -0.444. The van der Waals surface area contributed by atoms with Crippen LogP contribution in [-0.4, -0.2) is 35.4 Å². The molecule has 1 aromatic carbocycles. The van der Waals surface area contributed by atoms with Gasteiger partial charge in [-0.3, -0.25) is 9.69 Å². The summed E-state index contributed by atoms with van der Waals surface area (Å²) < 4.78 is 13.4. The minimum Gasteiger partial charge on any atom is -0.393 e. The van der Waals surface area contributed by atoms with Crippen molar-refractivity contribution < 1.29 is 9.18 Å². The van der Waals surface area contributed by atoms with Crippen LogP contribution < -0.4 is 11.1 Å². The number of anilines is 1. The molecule has 0 fully saturated rings. The van der Waals surface area contributed by atoms with Crippen molar-refractivity contribution in [3.63, 3.8) is 0 Å². The van der Waals surface area contributed by atoms with Crippen LogP contribution in [0.25, 0.3) is 0 Å². The molecule has 6 heteroatoms. The van der Waals surface area contributed by atoms with E-state index >= 15 is 0 Å². The molecule has 1 amide bonds. The zero-order chi connectivity index (χ0) is 15.1. The number of likely N-dealkylation sites (N-methyl/N-ethyl adjacent to an activating group) is 1. The Labute approximate surface area is 124 Å². The van der Waals surface area contributed by atoms with Gasteiger partial charge in [0.1, 0.15) is 5.82 Å². The summed E-state index contributed by atoms with van der Waals surface area (Å²) in [4.78, 5) is 14.2. The van der Waals surface area contributed by atoms with Crippen molar-refractivity contribution in [3.05, 3.63) is 30.1 Å². The first-order valence-electron chi connectivity index (χ1n) is 6.50. The number of halogens is 1. The van der Waals surface area contributed by atoms with Gasteiger partial charge < -0.3 is 11.1 Å². The summed E-state index contributed by atoms with van der Waals surface area (Å²) in [5.41, 5.74) is 5.76. The van der Waals surface area contributed by atoms with Gasteiger partial charge in [0.25, 0.3) is 0 Å². The minimum absolute atomic E-state index is 0.0335. The second kappa shape index (κ2) is 7.91. The monoisotopic (exact) mass is 297 g/mol. The van der Waals surface area contributed by atoms with E-state index in [1.807, 2.05) is 18.7 Å². The molecule has 0 spiro atoms. The molecule has 20 heavy (non-hydrogen) atoms. The first-order valence-corrected chi connectivity index (χ1v) is 6.91. The van der Waals surface area contributed by atoms with Gasteiger partial charge in [-0.15, -0.1) is 0 Å². The van der Waals surface area contributed by atoms with Crippen LogP contribution in [0.2, 0.25) is 0 Å². The Bertz CT molecular complexity index is 481. The molecule has 0 aromatic heterocycles. The molecular formula is C14H20FN3OS. The molecular weight excluding hydrogens is 277 g/mol. The smallest absolute Gasteiger partial charge is 0.238 e. The van der Waals surface area contributed by atoms with Gasteiger partial charge >= 0.3 is 0 Å². The highest BCUT2D eigenvalue weighted by atomic mass is 32.1. The summed E-state index contributed by atoms with van der Waals surface area (Å²) in [7, 11) is 0. The van der Waals surface area contributed by atoms with Crippen LogP contribution in [0.5, 0.6) is 0 Å². The summed E-state index contributed by atoms with van der Waals surface area (Å²) in [6.07, 6.45) is 0. The number of hydrogen-bond acceptors (Lipinski definition) is 3. The third-order valence-electron chi connectivity index (χ3n) is 2.98. The van der Waals surface area contributed by atoms with Crippen LogP contribution in [0.3, 0.4) is 0 Å². The molecule has 0 saturated heterocycles. The number of nitrogens with one attached hydrogen (secondary N) is 1. The van der Waals surface area contributed by atoms with Crippen LogP contribution >= 0.6 is 12.2 Å². The van der Waals surface area contributed by atoms with Gasteiger partial charge in [0.05, 0.1) is 17.2 Å². The van der Waals surface area contributed by atoms with E-state index in [-0.39, 0.29) is 24.1 Å². The summed E-state index contributed by atoms with van der Waals surface area (Å²) in [5.74, 6) is -0.668. The van der Waals surface area contributed by atoms with Crippen LogP contribution in [0.15, 0.2) is 24.3 Å². The molecule has 0 aliphatic carbocycles. The Morgan fingerprint density at radius 1 is 1.50 bits per heavy atom. The molecule has 0 saturated carbocycles. The molecule has 1 rings (SSSR count). The lowest BCUT2D eigenvalue weighted by atomic mass is 10.1. The topological polar surface area (TPSA) is 58.4 Å². The van der Waals surface area contributed by atoms with Gasteiger partial charge in [0, 0.05) is 12.5 Å². The van der Waals surface area contributed by atoms with Gasteiger partial charge in [0.15, 0.2) is 0 Å². The maximum absolute atomic E-state index is 13.4. The Kier molecular flexibility index (Phi) is 6.54. The average molecular weight is 297 g/mol. The number of nitrogens with zero attached hydrogens (tertiary/aromatic N) is 1. The Morgan fingerprint density at radius 3 is 2.70 bits per heavy atom. The molecule has 1 aromatic rings. The highest BCUT2D eigenvalue weighted by Crippen LogP contribution is 2.12. The standard InChI is InChI=1S/C14H20FN3OS/c1-3-18(8-10(2)14(16)20)9-13(19)17-12-7-5-4-6-11(12)15/h4-7,10H,3,8-9H2,1-2H3,(H2,16,20)(H,17,19). The van der Waals surface area contributed by atoms with Gasteiger partial charge in [0.2, 0.25) is 5.91 Å². The van der Waals surface area contributed by atoms with E-state index in [1.54, 1.807) is 12.1 Å². The Hall–Kier alpha value is -1.53. The third kappa shape index (κ3) is 5.22. The molecule has 3 N–H and O–H groups in total. The molecule has 0 heterocycles. The van der Waals surface area contributed by atoms with Gasteiger partial charge in [-0.2, -0.15) is 0 Å². The molecule has 0 aliphatic heterocycles. The van der Waals surface area contributed by atoms with Crippen molar-refractivity contribution >= 4 is 28.8 Å². The van der Waals surface area contributed by atoms with E-state index in [9.17, 15) is 9.18 Å². The fourth-order valence-corrected chi connectivity index (χ4v) is 1.81. The highest BCUT2D eigenvalue weighted by Gasteiger charge is 2.15. The molecule has 0 bridgehead atoms. The van der Waals surface area contributed by atoms with Gasteiger partial charge in [-0.25, -0.2) is 4.39 Å². The molecule has 0 radical (unpaired) electrons. The largest absolute Gasteiger partial charge is 0.393 e. The van der Waals surface area contributed by atoms with Crippen molar-refractivity contribution in [3.8, 4) is 0 Å². The number of rotatable bonds is 7. The third-order valence-corrected chi connectivity index (χ3v) is 3.38. The predicted octanol–water partition coefficient (Wildman–Crippen LogP) is 2.01. The van der Waals surface area contributed by atoms with Gasteiger partial charge in [-0.1, -0.05) is 38.2 Å². The number of hydrogen-bond donors (Lipinski definition) is 2. The number of nitrogens with two attached hydrogens (primary N) is 1. The lowest BCUT2D eigenvalue weighted by molar-refractivity contribution is -0.117. The summed E-state index contributed by atoms with van der Waals surface area (Å²) in [6, 6.07) is 6.09. The van der Waals surface area contributed by atoms with E-state index in [4.69, 9.17) is 18.0 Å². The van der Waals surface area contributed by atoms with Crippen LogP contribution in [-0.2, 0) is 4.79 Å². The second-order valence-corrected chi connectivity index (χ2v) is 5.13. The lowest BCUT2D eigenvalue weighted by Gasteiger charge is -2.23. The maximum atomic E-state index is 13.4. The van der Waals surface area contributed by atoms with Crippen molar-refractivity contribution in [2.24, 2.45) is 11.7 Å². The fraction of sp³-hybridized carbons (Fsp3) is 0.429. The first-order chi connectivity index (χ1) is 9.43. The number of para-hydroxylation sites is 1. The van der Waals surface area contributed by atoms with Crippen molar-refractivity contribution in [2.45, 2.75) is 13.8 Å². The average Bonchev–Trinajstić information content (AvgIpc) is 2.40. The maximum Gasteiger partial charge on any atom is 0.238 e. The van der Waals surface area contributed by atoms with Crippen LogP contribution in [0, 0.1) is 11.7 Å². The van der Waals surface area contributed by atoms with E-state index in [0.29, 0.717) is 18.1 Å². The number of carbonyl (C=O) groups excluding carboxylic acids is 1. The summed E-state index contributed by atoms with van der Waals surface area (Å²) in [6.45, 7) is 5.34. The molecule has 110 valence electrons. The summed E-state index contributed by atoms with van der Waals surface area (Å²) >= 11 is 4.92. The second-order valence-electron chi connectivity index (χ2n) is 4.66. The normalized spacial score (nSPS) is 12.2. The molecule has 1 atom stereocenters. The molecule has 1 unspecified atom stereocenters. The number of benzene rings is 1. The number of thiocarbonyl (C=S) groups is 1. The van der Waals surface area contributed by atoms with E-state index < -0.39 is 5.82 Å². The molecule has 0 aliphatic rings. The van der Waals surface area contributed by atoms with Crippen molar-refractivity contribution in [1.29, 1.82) is 0 Å². The van der Waals surface area contributed by atoms with Crippen molar-refractivity contribution in [2.75, 3.05) is 25.0 Å². The van der Waals surface area contributed by atoms with E-state index in [1.165, 1.54) is 12.1 Å². The fourth-order valence-electron chi connectivity index (χ4n) is 1.74. The van der Waals surface area contributed by atoms with Crippen LogP contribution in [0.4, 0.5) is 10.1 Å². The summed E-state index contributed by atoms with van der Waals surface area (Å²) in [5, 5.41) is 2.56. The quantitative estimate of drug-likeness (QED) is 0.756. The lowest BCUT2D eigenvalue weighted by Crippen LogP contribution is -2.38. The zero-order valence-electron chi connectivity index (χ0n) is 11.7. The predicted molar refractivity (Wildman–Crippen MR) is 83.1 cm³/mol. The van der Waals surface area contributed by atoms with E-state index in [0.717, 1.165) is 0 Å². The molecule has 4 nitrogen and oxygen atoms in total. The van der Waals surface area contributed by atoms with E-state index in [2.05, 4.69) is 5.32 Å². The SMILES string of the molecule is CCN(CC(=O)Nc1ccccc1F)CC(C)C(N)=S. The number of carbonyl (C=O) groups is 1. The van der Waals surface area contributed by atoms with Crippen molar-refractivity contribution in [1.82, 2.24) is 4.90 Å². The Balaban J connectivity index is 2.55. The van der Waals surface area contributed by atoms with Gasteiger partial charge in [-0.05, 0) is 18.7 Å². The first kappa shape index (κ1) is 16.5. The Morgan fingerprint density at radius 2 is 2.15 bits per heavy atom. The zero-order valence-corrected chi connectivity index (χ0v) is 12.5. The number of amides is 1. The highest BCUT2D eigenvalue weighted by molar-refractivity contribution is 7.80.